The zero-order valence-electron chi connectivity index (χ0n) is 8.84. The minimum absolute atomic E-state index is 0.132. The van der Waals surface area contributed by atoms with E-state index < -0.39 is 0 Å². The minimum atomic E-state index is -0.132. The first kappa shape index (κ1) is 14.2. The number of ketones is 1. The maximum Gasteiger partial charge on any atom is 0.169 e. The molecule has 2 aromatic rings. The van der Waals surface area contributed by atoms with Crippen LogP contribution in [-0.4, -0.2) is 5.78 Å². The minimum Gasteiger partial charge on any atom is -0.294 e. The first-order chi connectivity index (χ1) is 8.47. The zero-order valence-corrected chi connectivity index (χ0v) is 12.7. The zero-order chi connectivity index (χ0) is 13.3. The van der Waals surface area contributed by atoms with Gasteiger partial charge in [0.15, 0.2) is 5.78 Å². The van der Waals surface area contributed by atoms with Gasteiger partial charge in [-0.3, -0.25) is 4.79 Å². The van der Waals surface area contributed by atoms with E-state index in [2.05, 4.69) is 0 Å². The third kappa shape index (κ3) is 3.19. The van der Waals surface area contributed by atoms with Gasteiger partial charge >= 0.3 is 0 Å². The van der Waals surface area contributed by atoms with Gasteiger partial charge in [-0.2, -0.15) is 0 Å². The molecule has 18 heavy (non-hydrogen) atoms. The van der Waals surface area contributed by atoms with Gasteiger partial charge < -0.3 is 0 Å². The van der Waals surface area contributed by atoms with Crippen LogP contribution in [0.25, 0.3) is 0 Å². The average Bonchev–Trinajstić information content (AvgIpc) is 2.63. The molecule has 0 unspecified atom stereocenters. The number of hydrogen-bond acceptors (Lipinski definition) is 2. The third-order valence-corrected chi connectivity index (χ3v) is 4.41. The molecular weight excluding hydrogens is 334 g/mol. The standard InChI is InChI=1S/C12H6Cl4OS/c13-7-1-2-9(14)6(3-7)4-10(17)8-5-11(15)18-12(8)16/h1-3,5H,4H2. The molecular formula is C12H6Cl4OS. The molecule has 1 nitrogen and oxygen atoms in total. The molecule has 0 radical (unpaired) electrons. The molecule has 0 amide bonds. The smallest absolute Gasteiger partial charge is 0.169 e. The van der Waals surface area contributed by atoms with Gasteiger partial charge in [-0.1, -0.05) is 46.4 Å². The molecule has 1 aromatic carbocycles. The summed E-state index contributed by atoms with van der Waals surface area (Å²) in [6.07, 6.45) is 0.145. The van der Waals surface area contributed by atoms with Gasteiger partial charge in [-0.15, -0.1) is 11.3 Å². The Bertz CT molecular complexity index is 606. The number of halogens is 4. The molecule has 1 aromatic heterocycles. The summed E-state index contributed by atoms with van der Waals surface area (Å²) in [5.41, 5.74) is 1.09. The summed E-state index contributed by atoms with van der Waals surface area (Å²) >= 11 is 24.8. The molecule has 0 atom stereocenters. The van der Waals surface area contributed by atoms with Crippen LogP contribution in [-0.2, 0) is 6.42 Å². The topological polar surface area (TPSA) is 17.1 Å². The summed E-state index contributed by atoms with van der Waals surface area (Å²) in [7, 11) is 0. The lowest BCUT2D eigenvalue weighted by Gasteiger charge is -2.03. The Balaban J connectivity index is 2.26. The number of carbonyl (C=O) groups is 1. The van der Waals surface area contributed by atoms with Crippen molar-refractivity contribution in [1.82, 2.24) is 0 Å². The van der Waals surface area contributed by atoms with E-state index in [0.29, 0.717) is 29.8 Å². The van der Waals surface area contributed by atoms with Crippen LogP contribution in [0.1, 0.15) is 15.9 Å². The summed E-state index contributed by atoms with van der Waals surface area (Å²) in [5.74, 6) is -0.132. The van der Waals surface area contributed by atoms with E-state index in [1.54, 1.807) is 24.3 Å². The van der Waals surface area contributed by atoms with Crippen molar-refractivity contribution in [3.05, 3.63) is 54.1 Å². The van der Waals surface area contributed by atoms with Crippen LogP contribution in [0.15, 0.2) is 24.3 Å². The molecule has 94 valence electrons. The Labute approximate surface area is 128 Å². The Kier molecular flexibility index (Phi) is 4.57. The fraction of sp³-hybridized carbons (Fsp3) is 0.0833. The second kappa shape index (κ2) is 5.81. The van der Waals surface area contributed by atoms with Crippen molar-refractivity contribution in [3.8, 4) is 0 Å². The Morgan fingerprint density at radius 1 is 1.11 bits per heavy atom. The quantitative estimate of drug-likeness (QED) is 0.647. The molecule has 0 saturated carbocycles. The SMILES string of the molecule is O=C(Cc1cc(Cl)ccc1Cl)c1cc(Cl)sc1Cl. The highest BCUT2D eigenvalue weighted by Crippen LogP contribution is 2.32. The lowest BCUT2D eigenvalue weighted by atomic mass is 10.1. The van der Waals surface area contributed by atoms with Crippen LogP contribution in [0.3, 0.4) is 0 Å². The van der Waals surface area contributed by atoms with Crippen molar-refractivity contribution in [3.63, 3.8) is 0 Å². The van der Waals surface area contributed by atoms with E-state index in [9.17, 15) is 4.79 Å². The molecule has 0 aliphatic carbocycles. The summed E-state index contributed by atoms with van der Waals surface area (Å²) < 4.78 is 0.878. The van der Waals surface area contributed by atoms with Gasteiger partial charge in [0.2, 0.25) is 0 Å². The number of thiophene rings is 1. The molecule has 6 heteroatoms. The van der Waals surface area contributed by atoms with Gasteiger partial charge in [0, 0.05) is 22.0 Å². The summed E-state index contributed by atoms with van der Waals surface area (Å²) in [5, 5.41) is 1.04. The lowest BCUT2D eigenvalue weighted by molar-refractivity contribution is 0.0993. The summed E-state index contributed by atoms with van der Waals surface area (Å²) in [4.78, 5) is 12.1. The maximum atomic E-state index is 12.1. The maximum absolute atomic E-state index is 12.1. The first-order valence-corrected chi connectivity index (χ1v) is 7.22. The molecule has 1 heterocycles. The highest BCUT2D eigenvalue weighted by Gasteiger charge is 2.16. The molecule has 0 bridgehead atoms. The predicted octanol–water partition coefficient (Wildman–Crippen LogP) is 5.79. The molecule has 0 aliphatic heterocycles. The molecule has 2 rings (SSSR count). The first-order valence-electron chi connectivity index (χ1n) is 4.89. The summed E-state index contributed by atoms with van der Waals surface area (Å²) in [6.45, 7) is 0. The van der Waals surface area contributed by atoms with Crippen LogP contribution in [0.2, 0.25) is 18.7 Å². The van der Waals surface area contributed by atoms with Gasteiger partial charge in [-0.25, -0.2) is 0 Å². The largest absolute Gasteiger partial charge is 0.294 e. The Morgan fingerprint density at radius 3 is 2.44 bits per heavy atom. The van der Waals surface area contributed by atoms with Crippen LogP contribution < -0.4 is 0 Å². The van der Waals surface area contributed by atoms with Gasteiger partial charge in [0.25, 0.3) is 0 Å². The van der Waals surface area contributed by atoms with E-state index in [1.807, 2.05) is 0 Å². The van der Waals surface area contributed by atoms with Crippen molar-refractivity contribution < 1.29 is 4.79 Å². The van der Waals surface area contributed by atoms with E-state index >= 15 is 0 Å². The van der Waals surface area contributed by atoms with Crippen LogP contribution in [0.4, 0.5) is 0 Å². The molecule has 0 fully saturated rings. The van der Waals surface area contributed by atoms with Crippen molar-refractivity contribution in [2.24, 2.45) is 0 Å². The third-order valence-electron chi connectivity index (χ3n) is 2.32. The van der Waals surface area contributed by atoms with Crippen LogP contribution >= 0.6 is 57.7 Å². The van der Waals surface area contributed by atoms with Gasteiger partial charge in [0.1, 0.15) is 4.34 Å². The van der Waals surface area contributed by atoms with Crippen molar-refractivity contribution in [2.75, 3.05) is 0 Å². The molecule has 0 saturated heterocycles. The highest BCUT2D eigenvalue weighted by molar-refractivity contribution is 7.20. The number of carbonyl (C=O) groups excluding carboxylic acids is 1. The van der Waals surface area contributed by atoms with Crippen molar-refractivity contribution in [1.29, 1.82) is 0 Å². The Hall–Kier alpha value is -0.250. The number of hydrogen-bond donors (Lipinski definition) is 0. The van der Waals surface area contributed by atoms with Gasteiger partial charge in [0.05, 0.1) is 4.34 Å². The van der Waals surface area contributed by atoms with Crippen molar-refractivity contribution in [2.45, 2.75) is 6.42 Å². The second-order valence-corrected chi connectivity index (χ2v) is 6.70. The van der Waals surface area contributed by atoms with Crippen LogP contribution in [0, 0.1) is 0 Å². The fourth-order valence-corrected chi connectivity index (χ4v) is 3.36. The van der Waals surface area contributed by atoms with E-state index in [1.165, 1.54) is 11.3 Å². The number of benzene rings is 1. The van der Waals surface area contributed by atoms with E-state index in [-0.39, 0.29) is 12.2 Å². The predicted molar refractivity (Wildman–Crippen MR) is 78.8 cm³/mol. The molecule has 0 aliphatic rings. The highest BCUT2D eigenvalue weighted by atomic mass is 35.5. The molecule has 0 spiro atoms. The van der Waals surface area contributed by atoms with Gasteiger partial charge in [-0.05, 0) is 29.8 Å². The monoisotopic (exact) mass is 338 g/mol. The second-order valence-electron chi connectivity index (χ2n) is 3.57. The molecule has 0 N–H and O–H groups in total. The summed E-state index contributed by atoms with van der Waals surface area (Å²) in [6, 6.07) is 6.57. The van der Waals surface area contributed by atoms with E-state index in [4.69, 9.17) is 46.4 Å². The Morgan fingerprint density at radius 2 is 1.83 bits per heavy atom. The average molecular weight is 340 g/mol. The number of Topliss-reactive ketones (excluding diaryl/α,β-unsaturated/α-hetero) is 1. The van der Waals surface area contributed by atoms with Crippen molar-refractivity contribution >= 4 is 63.5 Å². The fourth-order valence-electron chi connectivity index (χ4n) is 1.48. The number of rotatable bonds is 3. The lowest BCUT2D eigenvalue weighted by Crippen LogP contribution is -2.03. The van der Waals surface area contributed by atoms with E-state index in [0.717, 1.165) is 0 Å². The van der Waals surface area contributed by atoms with Crippen LogP contribution in [0.5, 0.6) is 0 Å². The normalized spacial score (nSPS) is 10.7.